The van der Waals surface area contributed by atoms with Crippen LogP contribution < -0.4 is 5.32 Å². The van der Waals surface area contributed by atoms with Crippen LogP contribution in [0.5, 0.6) is 0 Å². The van der Waals surface area contributed by atoms with Gasteiger partial charge in [0, 0.05) is 9.26 Å². The van der Waals surface area contributed by atoms with Gasteiger partial charge in [-0.05, 0) is 72.8 Å². The highest BCUT2D eigenvalue weighted by Crippen LogP contribution is 2.12. The molecular weight excluding hydrogens is 395 g/mol. The molecule has 1 N–H and O–H groups in total. The van der Waals surface area contributed by atoms with Crippen molar-refractivity contribution in [3.63, 3.8) is 0 Å². The van der Waals surface area contributed by atoms with Crippen molar-refractivity contribution in [2.45, 2.75) is 20.0 Å². The fourth-order valence-corrected chi connectivity index (χ4v) is 2.04. The van der Waals surface area contributed by atoms with Gasteiger partial charge in [0.25, 0.3) is 5.91 Å². The van der Waals surface area contributed by atoms with Gasteiger partial charge in [-0.15, -0.1) is 0 Å². The molecule has 2 aromatic rings. The van der Waals surface area contributed by atoms with E-state index in [0.717, 1.165) is 3.57 Å². The SMILES string of the molecule is CC(C)OC(=O)c1cccc(C(=O)Nc2ccc(I)cc2)n1. The number of nitrogens with one attached hydrogen (secondary N) is 1. The summed E-state index contributed by atoms with van der Waals surface area (Å²) in [4.78, 5) is 28.0. The average Bonchev–Trinajstić information content (AvgIpc) is 2.49. The lowest BCUT2D eigenvalue weighted by molar-refractivity contribution is 0.0371. The Kier molecular flexibility index (Phi) is 5.48. The normalized spacial score (nSPS) is 10.4. The first kappa shape index (κ1) is 16.4. The topological polar surface area (TPSA) is 68.3 Å². The molecule has 0 bridgehead atoms. The van der Waals surface area contributed by atoms with E-state index in [1.54, 1.807) is 38.1 Å². The van der Waals surface area contributed by atoms with Gasteiger partial charge in [0.2, 0.25) is 0 Å². The van der Waals surface area contributed by atoms with Gasteiger partial charge >= 0.3 is 5.97 Å². The summed E-state index contributed by atoms with van der Waals surface area (Å²) >= 11 is 2.19. The predicted octanol–water partition coefficient (Wildman–Crippen LogP) is 3.50. The van der Waals surface area contributed by atoms with Crippen LogP contribution in [0.2, 0.25) is 0 Å². The zero-order valence-electron chi connectivity index (χ0n) is 12.2. The number of hydrogen-bond acceptors (Lipinski definition) is 4. The number of carbonyl (C=O) groups is 2. The first-order valence-corrected chi connectivity index (χ1v) is 7.78. The van der Waals surface area contributed by atoms with Crippen LogP contribution >= 0.6 is 22.6 Å². The van der Waals surface area contributed by atoms with Crippen LogP contribution in [0.4, 0.5) is 5.69 Å². The van der Waals surface area contributed by atoms with Crippen molar-refractivity contribution in [1.29, 1.82) is 0 Å². The standard InChI is InChI=1S/C16H15IN2O3/c1-10(2)22-16(21)14-5-3-4-13(19-14)15(20)18-12-8-6-11(17)7-9-12/h3-10H,1-2H3,(H,18,20). The van der Waals surface area contributed by atoms with E-state index in [1.165, 1.54) is 6.07 Å². The van der Waals surface area contributed by atoms with E-state index in [0.29, 0.717) is 5.69 Å². The summed E-state index contributed by atoms with van der Waals surface area (Å²) in [6.45, 7) is 3.51. The number of esters is 1. The zero-order valence-corrected chi connectivity index (χ0v) is 14.3. The summed E-state index contributed by atoms with van der Waals surface area (Å²) in [5.74, 6) is -0.917. The van der Waals surface area contributed by atoms with Crippen molar-refractivity contribution in [1.82, 2.24) is 4.98 Å². The van der Waals surface area contributed by atoms with Crippen molar-refractivity contribution in [3.05, 3.63) is 57.4 Å². The van der Waals surface area contributed by atoms with Crippen LogP contribution in [0, 0.1) is 3.57 Å². The molecule has 5 nitrogen and oxygen atoms in total. The minimum Gasteiger partial charge on any atom is -0.458 e. The van der Waals surface area contributed by atoms with E-state index in [2.05, 4.69) is 32.9 Å². The first-order chi connectivity index (χ1) is 10.5. The monoisotopic (exact) mass is 410 g/mol. The molecule has 1 aromatic carbocycles. The van der Waals surface area contributed by atoms with Gasteiger partial charge in [0.15, 0.2) is 0 Å². The number of amides is 1. The molecule has 0 aliphatic rings. The molecule has 0 spiro atoms. The first-order valence-electron chi connectivity index (χ1n) is 6.70. The predicted molar refractivity (Wildman–Crippen MR) is 91.9 cm³/mol. The second-order valence-corrected chi connectivity index (χ2v) is 6.07. The Bertz CT molecular complexity index is 684. The number of ether oxygens (including phenoxy) is 1. The third-order valence-electron chi connectivity index (χ3n) is 2.64. The maximum absolute atomic E-state index is 12.2. The highest BCUT2D eigenvalue weighted by Gasteiger charge is 2.14. The molecule has 0 aliphatic carbocycles. The molecule has 0 aliphatic heterocycles. The van der Waals surface area contributed by atoms with Gasteiger partial charge in [-0.1, -0.05) is 6.07 Å². The lowest BCUT2D eigenvalue weighted by Gasteiger charge is -2.08. The van der Waals surface area contributed by atoms with Crippen molar-refractivity contribution < 1.29 is 14.3 Å². The Morgan fingerprint density at radius 2 is 1.73 bits per heavy atom. The number of halogens is 1. The third-order valence-corrected chi connectivity index (χ3v) is 3.35. The van der Waals surface area contributed by atoms with Gasteiger partial charge < -0.3 is 10.1 Å². The molecule has 2 rings (SSSR count). The largest absolute Gasteiger partial charge is 0.458 e. The summed E-state index contributed by atoms with van der Waals surface area (Å²) in [5.41, 5.74) is 0.947. The number of nitrogens with zero attached hydrogens (tertiary/aromatic N) is 1. The molecule has 6 heteroatoms. The summed E-state index contributed by atoms with van der Waals surface area (Å²) < 4.78 is 6.14. The Labute approximate surface area is 142 Å². The quantitative estimate of drug-likeness (QED) is 0.619. The van der Waals surface area contributed by atoms with Gasteiger partial charge in [-0.2, -0.15) is 0 Å². The molecule has 1 aromatic heterocycles. The molecule has 1 amide bonds. The Hall–Kier alpha value is -1.96. The summed E-state index contributed by atoms with van der Waals surface area (Å²) in [7, 11) is 0. The maximum atomic E-state index is 12.2. The third kappa shape index (κ3) is 4.52. The summed E-state index contributed by atoms with van der Waals surface area (Å²) in [5, 5.41) is 2.74. The molecule has 0 radical (unpaired) electrons. The van der Waals surface area contributed by atoms with E-state index < -0.39 is 5.97 Å². The average molecular weight is 410 g/mol. The summed E-state index contributed by atoms with van der Waals surface area (Å²) in [6.07, 6.45) is -0.237. The number of rotatable bonds is 4. The lowest BCUT2D eigenvalue weighted by Crippen LogP contribution is -2.17. The van der Waals surface area contributed by atoms with Crippen molar-refractivity contribution >= 4 is 40.2 Å². The number of benzene rings is 1. The zero-order chi connectivity index (χ0) is 16.1. The molecule has 22 heavy (non-hydrogen) atoms. The van der Waals surface area contributed by atoms with Crippen LogP contribution in [0.15, 0.2) is 42.5 Å². The molecule has 1 heterocycles. The van der Waals surface area contributed by atoms with Crippen LogP contribution in [-0.4, -0.2) is 23.0 Å². The second kappa shape index (κ2) is 7.35. The molecule has 0 unspecified atom stereocenters. The van der Waals surface area contributed by atoms with E-state index in [1.807, 2.05) is 12.1 Å². The van der Waals surface area contributed by atoms with Crippen LogP contribution in [0.3, 0.4) is 0 Å². The van der Waals surface area contributed by atoms with E-state index in [4.69, 9.17) is 4.74 Å². The maximum Gasteiger partial charge on any atom is 0.357 e. The lowest BCUT2D eigenvalue weighted by atomic mass is 10.2. The number of carbonyl (C=O) groups excluding carboxylic acids is 2. The fraction of sp³-hybridized carbons (Fsp3) is 0.188. The number of anilines is 1. The Balaban J connectivity index is 2.13. The van der Waals surface area contributed by atoms with Crippen molar-refractivity contribution in [2.75, 3.05) is 5.32 Å². The second-order valence-electron chi connectivity index (χ2n) is 4.82. The molecule has 0 fully saturated rings. The Morgan fingerprint density at radius 1 is 1.09 bits per heavy atom. The van der Waals surface area contributed by atoms with Crippen LogP contribution in [-0.2, 0) is 4.74 Å². The Morgan fingerprint density at radius 3 is 2.36 bits per heavy atom. The molecule has 0 saturated heterocycles. The molecular formula is C16H15IN2O3. The van der Waals surface area contributed by atoms with Crippen molar-refractivity contribution in [2.24, 2.45) is 0 Å². The number of hydrogen-bond donors (Lipinski definition) is 1. The summed E-state index contributed by atoms with van der Waals surface area (Å²) in [6, 6.07) is 12.1. The van der Waals surface area contributed by atoms with E-state index >= 15 is 0 Å². The van der Waals surface area contributed by atoms with Crippen molar-refractivity contribution in [3.8, 4) is 0 Å². The molecule has 114 valence electrons. The van der Waals surface area contributed by atoms with E-state index in [-0.39, 0.29) is 23.4 Å². The molecule has 0 atom stereocenters. The van der Waals surface area contributed by atoms with Gasteiger partial charge in [-0.3, -0.25) is 4.79 Å². The fourth-order valence-electron chi connectivity index (χ4n) is 1.68. The highest BCUT2D eigenvalue weighted by molar-refractivity contribution is 14.1. The van der Waals surface area contributed by atoms with Crippen LogP contribution in [0.25, 0.3) is 0 Å². The van der Waals surface area contributed by atoms with Gasteiger partial charge in [0.1, 0.15) is 11.4 Å². The molecule has 0 saturated carbocycles. The number of pyridine rings is 1. The minimum atomic E-state index is -0.543. The van der Waals surface area contributed by atoms with Gasteiger partial charge in [-0.25, -0.2) is 9.78 Å². The smallest absolute Gasteiger partial charge is 0.357 e. The van der Waals surface area contributed by atoms with Gasteiger partial charge in [0.05, 0.1) is 6.10 Å². The minimum absolute atomic E-state index is 0.115. The van der Waals surface area contributed by atoms with E-state index in [9.17, 15) is 9.59 Å². The highest BCUT2D eigenvalue weighted by atomic mass is 127. The number of aromatic nitrogens is 1. The van der Waals surface area contributed by atoms with Crippen LogP contribution in [0.1, 0.15) is 34.8 Å².